The average Bonchev–Trinajstić information content (AvgIpc) is 2.65. The fourth-order valence-electron chi connectivity index (χ4n) is 2.39. The molecule has 0 bridgehead atoms. The third-order valence-corrected chi connectivity index (χ3v) is 4.44. The predicted molar refractivity (Wildman–Crippen MR) is 79.9 cm³/mol. The normalized spacial score (nSPS) is 22.0. The summed E-state index contributed by atoms with van der Waals surface area (Å²) in [6, 6.07) is 9.82. The third kappa shape index (κ3) is 3.27. The van der Waals surface area contributed by atoms with Crippen LogP contribution in [-0.2, 0) is 19.0 Å². The van der Waals surface area contributed by atoms with Gasteiger partial charge in [-0.25, -0.2) is 0 Å². The van der Waals surface area contributed by atoms with Crippen LogP contribution in [-0.4, -0.2) is 30.6 Å². The zero-order chi connectivity index (χ0) is 15.7. The lowest BCUT2D eigenvalue weighted by Gasteiger charge is -2.30. The zero-order valence-electron chi connectivity index (χ0n) is 13.4. The lowest BCUT2D eigenvalue weighted by Crippen LogP contribution is -2.41. The monoisotopic (exact) mass is 292 g/mol. The predicted octanol–water partition coefficient (Wildman–Crippen LogP) is 3.26. The number of methoxy groups -OCH3 is 1. The van der Waals surface area contributed by atoms with Gasteiger partial charge in [-0.1, -0.05) is 30.3 Å². The van der Waals surface area contributed by atoms with Gasteiger partial charge >= 0.3 is 5.97 Å². The Balaban J connectivity index is 2.27. The molecule has 0 N–H and O–H groups in total. The molecule has 1 aromatic rings. The minimum atomic E-state index is -0.462. The van der Waals surface area contributed by atoms with E-state index < -0.39 is 17.5 Å². The van der Waals surface area contributed by atoms with E-state index in [1.165, 1.54) is 7.11 Å². The topological polar surface area (TPSA) is 44.8 Å². The number of carbonyl (C=O) groups excluding carboxylic acids is 1. The van der Waals surface area contributed by atoms with Crippen LogP contribution in [0.5, 0.6) is 0 Å². The van der Waals surface area contributed by atoms with Crippen molar-refractivity contribution in [3.63, 3.8) is 0 Å². The Hall–Kier alpha value is -1.39. The first-order valence-corrected chi connectivity index (χ1v) is 7.24. The molecule has 0 aromatic heterocycles. The van der Waals surface area contributed by atoms with E-state index in [-0.39, 0.29) is 18.3 Å². The van der Waals surface area contributed by atoms with E-state index in [0.717, 1.165) is 5.56 Å². The van der Waals surface area contributed by atoms with Gasteiger partial charge in [0.05, 0.1) is 24.7 Å². The number of benzene rings is 1. The smallest absolute Gasteiger partial charge is 0.306 e. The van der Waals surface area contributed by atoms with Gasteiger partial charge in [0.2, 0.25) is 0 Å². The van der Waals surface area contributed by atoms with Gasteiger partial charge in [0, 0.05) is 5.92 Å². The van der Waals surface area contributed by atoms with Crippen molar-refractivity contribution in [2.75, 3.05) is 7.11 Å². The summed E-state index contributed by atoms with van der Waals surface area (Å²) in [5.41, 5.74) is 0.183. The van der Waals surface area contributed by atoms with Crippen LogP contribution >= 0.6 is 0 Å². The molecule has 0 unspecified atom stereocenters. The summed E-state index contributed by atoms with van der Waals surface area (Å²) in [6.07, 6.45) is -0.228. The lowest BCUT2D eigenvalue weighted by atomic mass is 9.90. The van der Waals surface area contributed by atoms with Crippen molar-refractivity contribution in [3.8, 4) is 0 Å². The number of carbonyl (C=O) groups is 1. The van der Waals surface area contributed by atoms with Gasteiger partial charge in [0.15, 0.2) is 6.29 Å². The molecule has 21 heavy (non-hydrogen) atoms. The second-order valence-electron chi connectivity index (χ2n) is 6.42. The van der Waals surface area contributed by atoms with Gasteiger partial charge in [0.25, 0.3) is 0 Å². The van der Waals surface area contributed by atoms with Crippen LogP contribution < -0.4 is 0 Å². The van der Waals surface area contributed by atoms with E-state index in [1.54, 1.807) is 0 Å². The van der Waals surface area contributed by atoms with Crippen LogP contribution in [0.4, 0.5) is 0 Å². The summed E-state index contributed by atoms with van der Waals surface area (Å²) in [4.78, 5) is 11.7. The maximum absolute atomic E-state index is 11.7. The Kier molecular flexibility index (Phi) is 4.40. The highest BCUT2D eigenvalue weighted by Gasteiger charge is 2.51. The van der Waals surface area contributed by atoms with Crippen molar-refractivity contribution < 1.29 is 19.0 Å². The highest BCUT2D eigenvalue weighted by molar-refractivity contribution is 5.70. The maximum atomic E-state index is 11.7. The summed E-state index contributed by atoms with van der Waals surface area (Å²) in [6.45, 7) is 8.03. The van der Waals surface area contributed by atoms with Crippen LogP contribution in [0, 0.1) is 0 Å². The Morgan fingerprint density at radius 2 is 1.67 bits per heavy atom. The van der Waals surface area contributed by atoms with Gasteiger partial charge in [-0.15, -0.1) is 0 Å². The van der Waals surface area contributed by atoms with Crippen molar-refractivity contribution in [2.45, 2.75) is 57.5 Å². The molecule has 0 radical (unpaired) electrons. The van der Waals surface area contributed by atoms with Crippen molar-refractivity contribution >= 4 is 5.97 Å². The first-order chi connectivity index (χ1) is 9.77. The summed E-state index contributed by atoms with van der Waals surface area (Å²) in [5.74, 6) is -0.446. The molecule has 1 aliphatic rings. The molecule has 1 saturated heterocycles. The summed E-state index contributed by atoms with van der Waals surface area (Å²) < 4.78 is 17.0. The van der Waals surface area contributed by atoms with Crippen molar-refractivity contribution in [3.05, 3.63) is 35.9 Å². The van der Waals surface area contributed by atoms with Crippen molar-refractivity contribution in [1.29, 1.82) is 0 Å². The molecule has 1 aliphatic heterocycles. The fraction of sp³-hybridized carbons (Fsp3) is 0.588. The second kappa shape index (κ2) is 5.78. The quantitative estimate of drug-likeness (QED) is 0.799. The molecule has 1 atom stereocenters. The molecule has 0 amide bonds. The van der Waals surface area contributed by atoms with Gasteiger partial charge < -0.3 is 14.2 Å². The minimum absolute atomic E-state index is 0.181. The van der Waals surface area contributed by atoms with Gasteiger partial charge in [-0.3, -0.25) is 4.79 Å². The molecule has 4 heteroatoms. The molecule has 0 spiro atoms. The number of rotatable bonds is 4. The van der Waals surface area contributed by atoms with E-state index in [1.807, 2.05) is 58.0 Å². The number of hydrogen-bond donors (Lipinski definition) is 0. The Morgan fingerprint density at radius 3 is 2.14 bits per heavy atom. The molecule has 1 fully saturated rings. The van der Waals surface area contributed by atoms with Gasteiger partial charge in [-0.05, 0) is 33.3 Å². The fourth-order valence-corrected chi connectivity index (χ4v) is 2.39. The maximum Gasteiger partial charge on any atom is 0.306 e. The third-order valence-electron chi connectivity index (χ3n) is 4.44. The number of esters is 1. The molecular weight excluding hydrogens is 268 g/mol. The van der Waals surface area contributed by atoms with Crippen LogP contribution in [0.1, 0.15) is 45.6 Å². The summed E-state index contributed by atoms with van der Waals surface area (Å²) in [5, 5.41) is 0. The molecule has 2 rings (SSSR count). The molecule has 1 heterocycles. The molecule has 0 saturated carbocycles. The average molecular weight is 292 g/mol. The molecule has 4 nitrogen and oxygen atoms in total. The van der Waals surface area contributed by atoms with Crippen LogP contribution in [0.3, 0.4) is 0 Å². The molecule has 116 valence electrons. The minimum Gasteiger partial charge on any atom is -0.469 e. The summed E-state index contributed by atoms with van der Waals surface area (Å²) in [7, 11) is 1.40. The molecular formula is C17H24O4. The first-order valence-electron chi connectivity index (χ1n) is 7.24. The Bertz CT molecular complexity index is 477. The summed E-state index contributed by atoms with van der Waals surface area (Å²) >= 11 is 0. The SMILES string of the molecule is COC(=O)C[C@@H](c1ccccc1)C1OC(C)(C)C(C)(C)O1. The molecule has 1 aromatic carbocycles. The van der Waals surface area contributed by atoms with E-state index >= 15 is 0 Å². The standard InChI is InChI=1S/C17H24O4/c1-16(2)17(3,4)21-15(20-16)13(11-14(18)19-5)12-9-7-6-8-10-12/h6-10,13,15H,11H2,1-5H3/t13-/m0/s1. The molecule has 0 aliphatic carbocycles. The van der Waals surface area contributed by atoms with E-state index in [2.05, 4.69) is 0 Å². The second-order valence-corrected chi connectivity index (χ2v) is 6.42. The van der Waals surface area contributed by atoms with E-state index in [0.29, 0.717) is 0 Å². The van der Waals surface area contributed by atoms with Gasteiger partial charge in [0.1, 0.15) is 0 Å². The number of ether oxygens (including phenoxy) is 3. The van der Waals surface area contributed by atoms with Crippen molar-refractivity contribution in [1.82, 2.24) is 0 Å². The Morgan fingerprint density at radius 1 is 1.14 bits per heavy atom. The van der Waals surface area contributed by atoms with Crippen molar-refractivity contribution in [2.24, 2.45) is 0 Å². The first kappa shape index (κ1) is 16.0. The van der Waals surface area contributed by atoms with Gasteiger partial charge in [-0.2, -0.15) is 0 Å². The highest BCUT2D eigenvalue weighted by atomic mass is 16.7. The zero-order valence-corrected chi connectivity index (χ0v) is 13.4. The lowest BCUT2D eigenvalue weighted by molar-refractivity contribution is -0.147. The van der Waals surface area contributed by atoms with E-state index in [9.17, 15) is 4.79 Å². The van der Waals surface area contributed by atoms with Crippen LogP contribution in [0.2, 0.25) is 0 Å². The largest absolute Gasteiger partial charge is 0.469 e. The Labute approximate surface area is 126 Å². The van der Waals surface area contributed by atoms with E-state index in [4.69, 9.17) is 14.2 Å². The van der Waals surface area contributed by atoms with Crippen LogP contribution in [0.15, 0.2) is 30.3 Å². The van der Waals surface area contributed by atoms with Crippen LogP contribution in [0.25, 0.3) is 0 Å². The highest BCUT2D eigenvalue weighted by Crippen LogP contribution is 2.43. The number of hydrogen-bond acceptors (Lipinski definition) is 4.